The quantitative estimate of drug-likeness (QED) is 0.870. The van der Waals surface area contributed by atoms with Crippen molar-refractivity contribution in [3.05, 3.63) is 59.7 Å². The van der Waals surface area contributed by atoms with E-state index in [0.29, 0.717) is 18.4 Å². The summed E-state index contributed by atoms with van der Waals surface area (Å²) in [5.41, 5.74) is 6.83. The summed E-state index contributed by atoms with van der Waals surface area (Å²) < 4.78 is 38.3. The van der Waals surface area contributed by atoms with Crippen LogP contribution in [0.25, 0.3) is 11.1 Å². The van der Waals surface area contributed by atoms with Gasteiger partial charge in [-0.05, 0) is 41.7 Å². The number of rotatable bonds is 5. The molecule has 0 aliphatic heterocycles. The van der Waals surface area contributed by atoms with Crippen molar-refractivity contribution in [2.75, 3.05) is 0 Å². The molecule has 0 aromatic heterocycles. The lowest BCUT2D eigenvalue weighted by Gasteiger charge is -2.10. The lowest BCUT2D eigenvalue weighted by Crippen LogP contribution is -2.20. The number of nitrogens with two attached hydrogens (primary N) is 1. The van der Waals surface area contributed by atoms with Gasteiger partial charge in [-0.15, -0.1) is 0 Å². The molecule has 2 N–H and O–H groups in total. The summed E-state index contributed by atoms with van der Waals surface area (Å²) in [6.45, 7) is 1.78. The van der Waals surface area contributed by atoms with Crippen molar-refractivity contribution in [1.82, 2.24) is 0 Å². The molecule has 23 heavy (non-hydrogen) atoms. The van der Waals surface area contributed by atoms with Crippen molar-refractivity contribution in [2.24, 2.45) is 11.7 Å². The molecule has 2 aromatic carbocycles. The molecule has 2 nitrogen and oxygen atoms in total. The second-order valence-corrected chi connectivity index (χ2v) is 5.62. The number of primary amides is 1. The van der Waals surface area contributed by atoms with E-state index < -0.39 is 11.7 Å². The first-order chi connectivity index (χ1) is 10.8. The van der Waals surface area contributed by atoms with Crippen LogP contribution in [0.15, 0.2) is 48.5 Å². The topological polar surface area (TPSA) is 43.1 Å². The highest BCUT2D eigenvalue weighted by atomic mass is 19.4. The third-order valence-corrected chi connectivity index (χ3v) is 3.83. The summed E-state index contributed by atoms with van der Waals surface area (Å²) in [4.78, 5) is 11.0. The van der Waals surface area contributed by atoms with Crippen LogP contribution in [0.3, 0.4) is 0 Å². The summed E-state index contributed by atoms with van der Waals surface area (Å²) in [6, 6.07) is 12.6. The number of benzene rings is 2. The van der Waals surface area contributed by atoms with E-state index in [1.54, 1.807) is 25.1 Å². The number of alkyl halides is 3. The van der Waals surface area contributed by atoms with E-state index in [9.17, 15) is 18.0 Å². The molecule has 0 radical (unpaired) electrons. The van der Waals surface area contributed by atoms with Crippen LogP contribution < -0.4 is 5.73 Å². The number of aryl methyl sites for hydroxylation is 1. The Bertz CT molecular complexity index is 677. The molecule has 0 saturated heterocycles. The van der Waals surface area contributed by atoms with E-state index in [0.717, 1.165) is 23.3 Å². The van der Waals surface area contributed by atoms with Crippen molar-refractivity contribution in [3.8, 4) is 11.1 Å². The van der Waals surface area contributed by atoms with Gasteiger partial charge in [-0.3, -0.25) is 4.79 Å². The maximum atomic E-state index is 12.8. The van der Waals surface area contributed by atoms with Gasteiger partial charge in [0.1, 0.15) is 0 Å². The van der Waals surface area contributed by atoms with Crippen LogP contribution in [0.4, 0.5) is 13.2 Å². The minimum atomic E-state index is -4.35. The molecule has 0 fully saturated rings. The highest BCUT2D eigenvalue weighted by molar-refractivity contribution is 5.76. The molecule has 0 saturated carbocycles. The Balaban J connectivity index is 2.12. The largest absolute Gasteiger partial charge is 0.416 e. The zero-order chi connectivity index (χ0) is 17.0. The fourth-order valence-corrected chi connectivity index (χ4v) is 2.26. The first kappa shape index (κ1) is 17.1. The van der Waals surface area contributed by atoms with Crippen LogP contribution in [-0.4, -0.2) is 5.91 Å². The molecular weight excluding hydrogens is 303 g/mol. The van der Waals surface area contributed by atoms with E-state index in [1.807, 2.05) is 12.1 Å². The molecule has 1 atom stereocenters. The number of amides is 1. The smallest absolute Gasteiger partial charge is 0.369 e. The van der Waals surface area contributed by atoms with E-state index in [1.165, 1.54) is 6.07 Å². The van der Waals surface area contributed by atoms with Crippen LogP contribution in [0.2, 0.25) is 0 Å². The molecule has 1 amide bonds. The average Bonchev–Trinajstić information content (AvgIpc) is 2.52. The molecule has 0 bridgehead atoms. The maximum Gasteiger partial charge on any atom is 0.416 e. The monoisotopic (exact) mass is 321 g/mol. The molecule has 0 spiro atoms. The molecule has 0 heterocycles. The van der Waals surface area contributed by atoms with Crippen molar-refractivity contribution in [2.45, 2.75) is 25.9 Å². The van der Waals surface area contributed by atoms with Gasteiger partial charge in [-0.2, -0.15) is 13.2 Å². The van der Waals surface area contributed by atoms with Crippen LogP contribution in [0, 0.1) is 5.92 Å². The minimum Gasteiger partial charge on any atom is -0.369 e. The van der Waals surface area contributed by atoms with Crippen LogP contribution >= 0.6 is 0 Å². The Kier molecular flexibility index (Phi) is 5.08. The lowest BCUT2D eigenvalue weighted by molar-refractivity contribution is -0.137. The van der Waals surface area contributed by atoms with Crippen molar-refractivity contribution < 1.29 is 18.0 Å². The zero-order valence-corrected chi connectivity index (χ0v) is 12.7. The number of halogens is 3. The first-order valence-electron chi connectivity index (χ1n) is 7.33. The van der Waals surface area contributed by atoms with Gasteiger partial charge in [0.25, 0.3) is 0 Å². The normalized spacial score (nSPS) is 12.9. The highest BCUT2D eigenvalue weighted by Gasteiger charge is 2.30. The number of carbonyl (C=O) groups is 1. The van der Waals surface area contributed by atoms with Gasteiger partial charge in [-0.1, -0.05) is 43.3 Å². The van der Waals surface area contributed by atoms with Crippen LogP contribution in [0.5, 0.6) is 0 Å². The minimum absolute atomic E-state index is 0.196. The van der Waals surface area contributed by atoms with Gasteiger partial charge in [0, 0.05) is 5.92 Å². The third kappa shape index (κ3) is 4.58. The SMILES string of the molecule is C[C@H](CCc1ccc(-c2cccc(C(F)(F)F)c2)cc1)C(N)=O. The van der Waals surface area contributed by atoms with E-state index >= 15 is 0 Å². The van der Waals surface area contributed by atoms with Crippen molar-refractivity contribution >= 4 is 5.91 Å². The Morgan fingerprint density at radius 2 is 1.74 bits per heavy atom. The molecule has 0 unspecified atom stereocenters. The second kappa shape index (κ2) is 6.86. The molecule has 2 aromatic rings. The number of carbonyl (C=O) groups excluding carboxylic acids is 1. The van der Waals surface area contributed by atoms with Gasteiger partial charge >= 0.3 is 6.18 Å². The maximum absolute atomic E-state index is 12.8. The molecule has 0 aliphatic carbocycles. The molecule has 2 rings (SSSR count). The number of hydrogen-bond donors (Lipinski definition) is 1. The van der Waals surface area contributed by atoms with Crippen molar-refractivity contribution in [1.29, 1.82) is 0 Å². The second-order valence-electron chi connectivity index (χ2n) is 5.62. The summed E-state index contributed by atoms with van der Waals surface area (Å²) in [5.74, 6) is -0.524. The van der Waals surface area contributed by atoms with Crippen LogP contribution in [-0.2, 0) is 17.4 Å². The number of hydrogen-bond acceptors (Lipinski definition) is 1. The van der Waals surface area contributed by atoms with Gasteiger partial charge < -0.3 is 5.73 Å². The van der Waals surface area contributed by atoms with Gasteiger partial charge in [0.2, 0.25) is 5.91 Å². The van der Waals surface area contributed by atoms with E-state index in [2.05, 4.69) is 0 Å². The standard InChI is InChI=1S/C18H18F3NO/c1-12(17(22)23)5-6-13-7-9-14(10-8-13)15-3-2-4-16(11-15)18(19,20)21/h2-4,7-12H,5-6H2,1H3,(H2,22,23)/t12-/m1/s1. The predicted molar refractivity (Wildman–Crippen MR) is 83.6 cm³/mol. The Morgan fingerprint density at radius 1 is 1.09 bits per heavy atom. The fourth-order valence-electron chi connectivity index (χ4n) is 2.26. The average molecular weight is 321 g/mol. The van der Waals surface area contributed by atoms with Crippen molar-refractivity contribution in [3.63, 3.8) is 0 Å². The Morgan fingerprint density at radius 3 is 2.30 bits per heavy atom. The molecule has 5 heteroatoms. The Labute approximate surface area is 133 Å². The fraction of sp³-hybridized carbons (Fsp3) is 0.278. The molecule has 0 aliphatic rings. The van der Waals surface area contributed by atoms with Crippen LogP contribution in [0.1, 0.15) is 24.5 Å². The van der Waals surface area contributed by atoms with Gasteiger partial charge in [0.05, 0.1) is 5.56 Å². The zero-order valence-electron chi connectivity index (χ0n) is 12.7. The Hall–Kier alpha value is -2.30. The summed E-state index contributed by atoms with van der Waals surface area (Å²) in [6.07, 6.45) is -2.99. The predicted octanol–water partition coefficient (Wildman–Crippen LogP) is 4.43. The van der Waals surface area contributed by atoms with E-state index in [4.69, 9.17) is 5.73 Å². The molecular formula is C18H18F3NO. The van der Waals surface area contributed by atoms with Gasteiger partial charge in [0.15, 0.2) is 0 Å². The summed E-state index contributed by atoms with van der Waals surface area (Å²) >= 11 is 0. The lowest BCUT2D eigenvalue weighted by atomic mass is 9.97. The summed E-state index contributed by atoms with van der Waals surface area (Å²) in [7, 11) is 0. The van der Waals surface area contributed by atoms with E-state index in [-0.39, 0.29) is 11.8 Å². The third-order valence-electron chi connectivity index (χ3n) is 3.83. The first-order valence-corrected chi connectivity index (χ1v) is 7.33. The summed E-state index contributed by atoms with van der Waals surface area (Å²) in [5, 5.41) is 0. The van der Waals surface area contributed by atoms with Gasteiger partial charge in [-0.25, -0.2) is 0 Å². The highest BCUT2D eigenvalue weighted by Crippen LogP contribution is 2.32. The molecule has 122 valence electrons.